The Hall–Kier alpha value is -3.05. The smallest absolute Gasteiger partial charge is 0.159 e. The Bertz CT molecular complexity index is 1230. The van der Waals surface area contributed by atoms with Gasteiger partial charge in [0.25, 0.3) is 0 Å². The average molecular weight is 370 g/mol. The lowest BCUT2D eigenvalue weighted by Crippen LogP contribution is -1.81. The first-order valence-electron chi connectivity index (χ1n) is 8.98. The first kappa shape index (κ1) is 16.1. The van der Waals surface area contributed by atoms with Gasteiger partial charge in [0.05, 0.1) is 16.6 Å². The minimum Gasteiger partial charge on any atom is -0.337 e. The zero-order valence-electron chi connectivity index (χ0n) is 14.9. The molecule has 0 aliphatic carbocycles. The summed E-state index contributed by atoms with van der Waals surface area (Å²) in [7, 11) is 0. The predicted molar refractivity (Wildman–Crippen MR) is 113 cm³/mol. The predicted octanol–water partition coefficient (Wildman–Crippen LogP) is 5.89. The summed E-state index contributed by atoms with van der Waals surface area (Å²) in [6.45, 7) is 2.17. The number of nitrogens with one attached hydrogen (secondary N) is 2. The summed E-state index contributed by atoms with van der Waals surface area (Å²) in [4.78, 5) is 9.47. The van der Waals surface area contributed by atoms with Crippen LogP contribution < -0.4 is 0 Å². The molecule has 0 unspecified atom stereocenters. The zero-order chi connectivity index (χ0) is 18.2. The van der Waals surface area contributed by atoms with Crippen LogP contribution in [-0.2, 0) is 0 Å². The van der Waals surface area contributed by atoms with Crippen LogP contribution in [0, 0.1) is 0 Å². The summed E-state index contributed by atoms with van der Waals surface area (Å²) in [5.74, 6) is 1.87. The normalized spacial score (nSPS) is 11.4. The summed E-state index contributed by atoms with van der Waals surface area (Å²) in [5, 5.41) is 8.59. The average Bonchev–Trinajstić information content (AvgIpc) is 3.32. The molecule has 0 fully saturated rings. The summed E-state index contributed by atoms with van der Waals surface area (Å²) < 4.78 is 0. The largest absolute Gasteiger partial charge is 0.337 e. The summed E-state index contributed by atoms with van der Waals surface area (Å²) in [6, 6.07) is 23.2. The van der Waals surface area contributed by atoms with Crippen molar-refractivity contribution >= 4 is 33.7 Å². The van der Waals surface area contributed by atoms with Crippen LogP contribution >= 0.6 is 11.8 Å². The third-order valence-electron chi connectivity index (χ3n) is 4.68. The Morgan fingerprint density at radius 3 is 2.56 bits per heavy atom. The van der Waals surface area contributed by atoms with Crippen molar-refractivity contribution in [3.8, 4) is 22.6 Å². The first-order valence-corrected chi connectivity index (χ1v) is 9.97. The fourth-order valence-corrected chi connectivity index (χ4v) is 4.02. The minimum absolute atomic E-state index is 0.786. The number of nitrogens with zero attached hydrogens (tertiary/aromatic N) is 2. The van der Waals surface area contributed by atoms with Crippen LogP contribution in [0.4, 0.5) is 0 Å². The van der Waals surface area contributed by atoms with Crippen LogP contribution in [0.5, 0.6) is 0 Å². The van der Waals surface area contributed by atoms with E-state index in [4.69, 9.17) is 4.98 Å². The summed E-state index contributed by atoms with van der Waals surface area (Å²) in [5.41, 5.74) is 6.21. The first-order chi connectivity index (χ1) is 13.3. The number of para-hydroxylation sites is 1. The van der Waals surface area contributed by atoms with E-state index in [9.17, 15) is 0 Å². The molecule has 0 saturated carbocycles. The van der Waals surface area contributed by atoms with E-state index < -0.39 is 0 Å². The van der Waals surface area contributed by atoms with Gasteiger partial charge in [0.15, 0.2) is 5.82 Å². The molecule has 2 N–H and O–H groups in total. The summed E-state index contributed by atoms with van der Waals surface area (Å²) in [6.07, 6.45) is 0. The van der Waals surface area contributed by atoms with Gasteiger partial charge in [-0.2, -0.15) is 5.10 Å². The van der Waals surface area contributed by atoms with E-state index in [1.165, 1.54) is 16.0 Å². The molecular formula is C22H18N4S. The third kappa shape index (κ3) is 2.90. The SMILES string of the molecule is CCSc1ccc(-c2ccc3nc(-c4n[nH]c5ccccc45)[nH]c3c2)cc1. The van der Waals surface area contributed by atoms with Crippen LogP contribution in [0.25, 0.3) is 44.6 Å². The highest BCUT2D eigenvalue weighted by atomic mass is 32.2. The van der Waals surface area contributed by atoms with Crippen molar-refractivity contribution in [3.63, 3.8) is 0 Å². The number of benzene rings is 3. The lowest BCUT2D eigenvalue weighted by Gasteiger charge is -2.03. The molecule has 0 spiro atoms. The standard InChI is InChI=1S/C22H18N4S/c1-2-27-16-10-7-14(8-11-16)15-9-12-19-20(13-15)24-22(23-19)21-17-5-3-4-6-18(17)25-26-21/h3-13H,2H2,1H3,(H,23,24)(H,25,26). The molecule has 4 nitrogen and oxygen atoms in total. The van der Waals surface area contributed by atoms with Gasteiger partial charge in [-0.25, -0.2) is 4.98 Å². The molecule has 2 heterocycles. The van der Waals surface area contributed by atoms with Crippen molar-refractivity contribution in [2.45, 2.75) is 11.8 Å². The van der Waals surface area contributed by atoms with Crippen LogP contribution in [0.2, 0.25) is 0 Å². The van der Waals surface area contributed by atoms with Gasteiger partial charge in [0, 0.05) is 10.3 Å². The van der Waals surface area contributed by atoms with E-state index in [0.717, 1.165) is 39.2 Å². The Kier molecular flexibility index (Phi) is 3.94. The number of H-pyrrole nitrogens is 2. The molecule has 0 radical (unpaired) electrons. The van der Waals surface area contributed by atoms with Crippen molar-refractivity contribution in [1.29, 1.82) is 0 Å². The number of hydrogen-bond donors (Lipinski definition) is 2. The van der Waals surface area contributed by atoms with Gasteiger partial charge in [-0.3, -0.25) is 5.10 Å². The van der Waals surface area contributed by atoms with Gasteiger partial charge in [-0.1, -0.05) is 43.3 Å². The molecule has 2 aromatic heterocycles. The number of fused-ring (bicyclic) bond motifs is 2. The number of aromatic amines is 2. The van der Waals surface area contributed by atoms with E-state index in [0.29, 0.717) is 0 Å². The second-order valence-electron chi connectivity index (χ2n) is 6.39. The van der Waals surface area contributed by atoms with Crippen molar-refractivity contribution in [3.05, 3.63) is 66.7 Å². The number of thioether (sulfide) groups is 1. The highest BCUT2D eigenvalue weighted by molar-refractivity contribution is 7.99. The van der Waals surface area contributed by atoms with Crippen LogP contribution in [0.1, 0.15) is 6.92 Å². The monoisotopic (exact) mass is 370 g/mol. The van der Waals surface area contributed by atoms with E-state index in [1.807, 2.05) is 30.0 Å². The molecule has 3 aromatic carbocycles. The van der Waals surface area contributed by atoms with Crippen LogP contribution in [-0.4, -0.2) is 25.9 Å². The highest BCUT2D eigenvalue weighted by Gasteiger charge is 2.12. The second-order valence-corrected chi connectivity index (χ2v) is 7.73. The second kappa shape index (κ2) is 6.59. The maximum Gasteiger partial charge on any atom is 0.159 e. The summed E-state index contributed by atoms with van der Waals surface area (Å²) >= 11 is 1.86. The fraction of sp³-hybridized carbons (Fsp3) is 0.0909. The van der Waals surface area contributed by atoms with Gasteiger partial charge < -0.3 is 4.98 Å². The van der Waals surface area contributed by atoms with Crippen LogP contribution in [0.3, 0.4) is 0 Å². The zero-order valence-corrected chi connectivity index (χ0v) is 15.7. The molecule has 5 aromatic rings. The molecule has 0 saturated heterocycles. The Morgan fingerprint density at radius 1 is 0.889 bits per heavy atom. The Balaban J connectivity index is 1.55. The molecule has 27 heavy (non-hydrogen) atoms. The molecule has 0 aliphatic heterocycles. The van der Waals surface area contributed by atoms with Gasteiger partial charge in [-0.15, -0.1) is 11.8 Å². The lowest BCUT2D eigenvalue weighted by atomic mass is 10.1. The number of imidazole rings is 1. The van der Waals surface area contributed by atoms with E-state index in [1.54, 1.807) is 0 Å². The lowest BCUT2D eigenvalue weighted by molar-refractivity contribution is 1.11. The quantitative estimate of drug-likeness (QED) is 0.388. The molecule has 132 valence electrons. The van der Waals surface area contributed by atoms with E-state index in [2.05, 4.69) is 70.6 Å². The Morgan fingerprint density at radius 2 is 1.70 bits per heavy atom. The number of aromatic nitrogens is 4. The maximum atomic E-state index is 4.74. The molecule has 5 rings (SSSR count). The Labute approximate surface area is 161 Å². The highest BCUT2D eigenvalue weighted by Crippen LogP contribution is 2.29. The molecule has 0 aliphatic rings. The number of hydrogen-bond acceptors (Lipinski definition) is 3. The van der Waals surface area contributed by atoms with Gasteiger partial charge in [0.2, 0.25) is 0 Å². The molecule has 0 bridgehead atoms. The topological polar surface area (TPSA) is 57.4 Å². The molecule has 5 heteroatoms. The minimum atomic E-state index is 0.786. The van der Waals surface area contributed by atoms with Crippen molar-refractivity contribution < 1.29 is 0 Å². The fourth-order valence-electron chi connectivity index (χ4n) is 3.36. The van der Waals surface area contributed by atoms with Crippen molar-refractivity contribution in [1.82, 2.24) is 20.2 Å². The van der Waals surface area contributed by atoms with E-state index in [-0.39, 0.29) is 0 Å². The maximum absolute atomic E-state index is 4.74. The van der Waals surface area contributed by atoms with Crippen LogP contribution in [0.15, 0.2) is 71.6 Å². The van der Waals surface area contributed by atoms with Gasteiger partial charge >= 0.3 is 0 Å². The van der Waals surface area contributed by atoms with Crippen molar-refractivity contribution in [2.24, 2.45) is 0 Å². The number of rotatable bonds is 4. The van der Waals surface area contributed by atoms with Gasteiger partial charge in [-0.05, 0) is 47.2 Å². The molecule has 0 amide bonds. The molecule has 0 atom stereocenters. The van der Waals surface area contributed by atoms with Crippen molar-refractivity contribution in [2.75, 3.05) is 5.75 Å². The molecular weight excluding hydrogens is 352 g/mol. The third-order valence-corrected chi connectivity index (χ3v) is 5.57. The van der Waals surface area contributed by atoms with E-state index >= 15 is 0 Å². The van der Waals surface area contributed by atoms with Gasteiger partial charge in [0.1, 0.15) is 5.69 Å².